The minimum absolute atomic E-state index is 0.156. The highest BCUT2D eigenvalue weighted by atomic mass is 32.1. The number of aliphatic imine (C=N–C) groups is 1. The smallest absolute Gasteiger partial charge is 0.192 e. The van der Waals surface area contributed by atoms with E-state index in [0.717, 1.165) is 26.2 Å². The molecule has 1 atom stereocenters. The lowest BCUT2D eigenvalue weighted by atomic mass is 9.97. The van der Waals surface area contributed by atoms with Crippen molar-refractivity contribution in [3.63, 3.8) is 0 Å². The van der Waals surface area contributed by atoms with E-state index in [1.807, 2.05) is 0 Å². The van der Waals surface area contributed by atoms with Gasteiger partial charge in [0.1, 0.15) is 0 Å². The molecule has 2 aliphatic heterocycles. The first-order valence-electron chi connectivity index (χ1n) is 5.98. The van der Waals surface area contributed by atoms with Crippen molar-refractivity contribution in [2.45, 2.75) is 18.5 Å². The van der Waals surface area contributed by atoms with Crippen molar-refractivity contribution in [1.29, 1.82) is 0 Å². The Morgan fingerprint density at radius 1 is 1.59 bits per heavy atom. The fourth-order valence-electron chi connectivity index (χ4n) is 2.86. The van der Waals surface area contributed by atoms with Crippen molar-refractivity contribution in [2.24, 2.45) is 10.7 Å². The number of nitrogens with two attached hydrogens (primary N) is 1. The van der Waals surface area contributed by atoms with E-state index in [1.54, 1.807) is 11.3 Å². The molecule has 1 fully saturated rings. The minimum Gasteiger partial charge on any atom is -0.370 e. The zero-order valence-electron chi connectivity index (χ0n) is 10.1. The van der Waals surface area contributed by atoms with E-state index in [-0.39, 0.29) is 5.54 Å². The van der Waals surface area contributed by atoms with Crippen LogP contribution in [0.5, 0.6) is 0 Å². The van der Waals surface area contributed by atoms with E-state index in [1.165, 1.54) is 11.3 Å². The lowest BCUT2D eigenvalue weighted by Crippen LogP contribution is -2.52. The Labute approximate surface area is 106 Å². The number of likely N-dealkylation sites (tertiary alicyclic amines) is 1. The van der Waals surface area contributed by atoms with Crippen molar-refractivity contribution in [1.82, 2.24) is 9.80 Å². The predicted molar refractivity (Wildman–Crippen MR) is 71.2 cm³/mol. The molecule has 3 heterocycles. The fourth-order valence-corrected chi connectivity index (χ4v) is 3.55. The Kier molecular flexibility index (Phi) is 2.60. The van der Waals surface area contributed by atoms with E-state index in [2.05, 4.69) is 39.4 Å². The topological polar surface area (TPSA) is 44.9 Å². The van der Waals surface area contributed by atoms with E-state index < -0.39 is 0 Å². The van der Waals surface area contributed by atoms with Crippen molar-refractivity contribution in [3.05, 3.63) is 22.4 Å². The Balaban J connectivity index is 1.82. The number of hydrogen-bond acceptors (Lipinski definition) is 5. The van der Waals surface area contributed by atoms with Gasteiger partial charge >= 0.3 is 0 Å². The van der Waals surface area contributed by atoms with Gasteiger partial charge in [-0.1, -0.05) is 6.07 Å². The normalized spacial score (nSPS) is 29.2. The van der Waals surface area contributed by atoms with E-state index in [9.17, 15) is 0 Å². The maximum atomic E-state index is 6.06. The summed E-state index contributed by atoms with van der Waals surface area (Å²) in [6.45, 7) is 3.97. The van der Waals surface area contributed by atoms with Gasteiger partial charge in [-0.25, -0.2) is 0 Å². The molecule has 0 saturated carbocycles. The Morgan fingerprint density at radius 3 is 3.12 bits per heavy atom. The first kappa shape index (κ1) is 11.0. The van der Waals surface area contributed by atoms with Crippen molar-refractivity contribution in [2.75, 3.05) is 26.7 Å². The largest absolute Gasteiger partial charge is 0.370 e. The third kappa shape index (κ3) is 1.83. The van der Waals surface area contributed by atoms with Crippen LogP contribution in [0.1, 0.15) is 11.3 Å². The molecule has 0 bridgehead atoms. The molecular weight excluding hydrogens is 232 g/mol. The van der Waals surface area contributed by atoms with Crippen LogP contribution in [0.4, 0.5) is 0 Å². The first-order valence-corrected chi connectivity index (χ1v) is 6.86. The van der Waals surface area contributed by atoms with Gasteiger partial charge in [0, 0.05) is 18.0 Å². The predicted octanol–water partition coefficient (Wildman–Crippen LogP) is 0.953. The molecule has 5 heteroatoms. The van der Waals surface area contributed by atoms with Gasteiger partial charge in [-0.3, -0.25) is 4.99 Å². The zero-order chi connectivity index (χ0) is 11.9. The Hall–Kier alpha value is -1.07. The van der Waals surface area contributed by atoms with Gasteiger partial charge in [-0.15, -0.1) is 11.3 Å². The number of thiophene rings is 1. The molecule has 1 saturated heterocycles. The summed E-state index contributed by atoms with van der Waals surface area (Å²) < 4.78 is 0. The van der Waals surface area contributed by atoms with Crippen LogP contribution in [0, 0.1) is 0 Å². The summed E-state index contributed by atoms with van der Waals surface area (Å²) in [4.78, 5) is 10.5. The third-order valence-corrected chi connectivity index (χ3v) is 4.66. The second-order valence-corrected chi connectivity index (χ2v) is 6.08. The van der Waals surface area contributed by atoms with Gasteiger partial charge in [0.25, 0.3) is 0 Å². The van der Waals surface area contributed by atoms with Crippen molar-refractivity contribution >= 4 is 17.3 Å². The van der Waals surface area contributed by atoms with E-state index >= 15 is 0 Å². The van der Waals surface area contributed by atoms with E-state index in [4.69, 9.17) is 5.73 Å². The fraction of sp³-hybridized carbons (Fsp3) is 0.583. The number of nitrogens with zero attached hydrogens (tertiary/aromatic N) is 3. The molecular formula is C12H18N4S. The molecule has 92 valence electrons. The van der Waals surface area contributed by atoms with Crippen LogP contribution in [-0.2, 0) is 6.54 Å². The van der Waals surface area contributed by atoms with Gasteiger partial charge < -0.3 is 15.5 Å². The molecule has 1 unspecified atom stereocenters. The SMILES string of the molecule is CN1CCC2(CN=C(N)N2Cc2cccs2)C1. The highest BCUT2D eigenvalue weighted by Gasteiger charge is 2.46. The number of likely N-dealkylation sites (N-methyl/N-ethyl adjacent to an activating group) is 1. The zero-order valence-corrected chi connectivity index (χ0v) is 10.9. The van der Waals surface area contributed by atoms with Crippen LogP contribution in [0.15, 0.2) is 22.5 Å². The van der Waals surface area contributed by atoms with Crippen LogP contribution < -0.4 is 5.73 Å². The Morgan fingerprint density at radius 2 is 2.47 bits per heavy atom. The third-order valence-electron chi connectivity index (χ3n) is 3.80. The summed E-state index contributed by atoms with van der Waals surface area (Å²) in [7, 11) is 2.17. The molecule has 0 aliphatic carbocycles. The van der Waals surface area contributed by atoms with Crippen LogP contribution in [0.25, 0.3) is 0 Å². The molecule has 0 amide bonds. The lowest BCUT2D eigenvalue weighted by Gasteiger charge is -2.35. The van der Waals surface area contributed by atoms with Crippen molar-refractivity contribution in [3.8, 4) is 0 Å². The molecule has 2 N–H and O–H groups in total. The molecule has 2 aliphatic rings. The van der Waals surface area contributed by atoms with Gasteiger partial charge in [-0.2, -0.15) is 0 Å². The molecule has 17 heavy (non-hydrogen) atoms. The lowest BCUT2D eigenvalue weighted by molar-refractivity contribution is 0.199. The maximum absolute atomic E-state index is 6.06. The second-order valence-electron chi connectivity index (χ2n) is 5.05. The number of rotatable bonds is 2. The van der Waals surface area contributed by atoms with Gasteiger partial charge in [0.15, 0.2) is 5.96 Å². The average Bonchev–Trinajstić information content (AvgIpc) is 2.98. The summed E-state index contributed by atoms with van der Waals surface area (Å²) in [5, 5.41) is 2.12. The highest BCUT2D eigenvalue weighted by molar-refractivity contribution is 7.09. The monoisotopic (exact) mass is 250 g/mol. The summed E-state index contributed by atoms with van der Waals surface area (Å²) in [6, 6.07) is 4.26. The molecule has 0 aromatic carbocycles. The molecule has 1 aromatic rings. The summed E-state index contributed by atoms with van der Waals surface area (Å²) >= 11 is 1.79. The van der Waals surface area contributed by atoms with E-state index in [0.29, 0.717) is 5.96 Å². The van der Waals surface area contributed by atoms with Gasteiger partial charge in [-0.05, 0) is 24.9 Å². The molecule has 0 radical (unpaired) electrons. The highest BCUT2D eigenvalue weighted by Crippen LogP contribution is 2.33. The van der Waals surface area contributed by atoms with Crippen molar-refractivity contribution < 1.29 is 0 Å². The van der Waals surface area contributed by atoms with Crippen LogP contribution in [0.3, 0.4) is 0 Å². The summed E-state index contributed by atoms with van der Waals surface area (Å²) in [6.07, 6.45) is 1.17. The average molecular weight is 250 g/mol. The van der Waals surface area contributed by atoms with Gasteiger partial charge in [0.2, 0.25) is 0 Å². The maximum Gasteiger partial charge on any atom is 0.192 e. The van der Waals surface area contributed by atoms with Crippen LogP contribution >= 0.6 is 11.3 Å². The quantitative estimate of drug-likeness (QED) is 0.850. The summed E-state index contributed by atoms with van der Waals surface area (Å²) in [5.41, 5.74) is 6.21. The standard InChI is InChI=1S/C12H18N4S/c1-15-5-4-12(9-15)8-14-11(13)16(12)7-10-3-2-6-17-10/h2-3,6H,4-5,7-9H2,1H3,(H2,13,14). The molecule has 1 spiro atoms. The molecule has 4 nitrogen and oxygen atoms in total. The first-order chi connectivity index (χ1) is 8.20. The number of guanidine groups is 1. The number of hydrogen-bond donors (Lipinski definition) is 1. The Bertz CT molecular complexity index is 428. The molecule has 1 aromatic heterocycles. The molecule has 3 rings (SSSR count). The van der Waals surface area contributed by atoms with Crippen LogP contribution in [-0.4, -0.2) is 48.0 Å². The van der Waals surface area contributed by atoms with Crippen LogP contribution in [0.2, 0.25) is 0 Å². The minimum atomic E-state index is 0.156. The summed E-state index contributed by atoms with van der Waals surface area (Å²) in [5.74, 6) is 0.716. The second kappa shape index (κ2) is 3.99. The van der Waals surface area contributed by atoms with Gasteiger partial charge in [0.05, 0.1) is 18.6 Å².